The van der Waals surface area contributed by atoms with Gasteiger partial charge < -0.3 is 9.84 Å². The number of carbonyl (C=O) groups excluding carboxylic acids is 1. The molecular weight excluding hydrogens is 466 g/mol. The highest BCUT2D eigenvalue weighted by Gasteiger charge is 2.21. The molecule has 1 heterocycles. The highest BCUT2D eigenvalue weighted by Crippen LogP contribution is 2.41. The number of nitrogens with zero attached hydrogens (tertiary/aromatic N) is 1. The number of phenols is 1. The molecule has 1 aromatic heterocycles. The summed E-state index contributed by atoms with van der Waals surface area (Å²) in [5.41, 5.74) is 2.30. The van der Waals surface area contributed by atoms with Crippen LogP contribution in [0.1, 0.15) is 55.5 Å². The molecule has 0 bridgehead atoms. The first kappa shape index (κ1) is 25.9. The molecule has 0 aliphatic rings. The molecule has 0 aliphatic heterocycles. The SMILES string of the molecule is CCCCN(CCCC)CCOc1ccc(C(=O)c2c(-c3ccccc3)sc3cc(O)ccc23)cc1. The largest absolute Gasteiger partial charge is 0.508 e. The van der Waals surface area contributed by atoms with Crippen molar-refractivity contribution in [1.82, 2.24) is 4.90 Å². The van der Waals surface area contributed by atoms with Gasteiger partial charge in [0.1, 0.15) is 18.1 Å². The van der Waals surface area contributed by atoms with Crippen LogP contribution in [0.2, 0.25) is 0 Å². The number of thiophene rings is 1. The van der Waals surface area contributed by atoms with Crippen molar-refractivity contribution in [3.05, 3.63) is 83.9 Å². The third-order valence-electron chi connectivity index (χ3n) is 6.39. The van der Waals surface area contributed by atoms with Crippen molar-refractivity contribution in [2.75, 3.05) is 26.2 Å². The van der Waals surface area contributed by atoms with Crippen LogP contribution in [0.15, 0.2) is 72.8 Å². The molecule has 5 heteroatoms. The minimum absolute atomic E-state index is 0.0253. The Kier molecular flexibility index (Phi) is 9.15. The Morgan fingerprint density at radius 1 is 0.889 bits per heavy atom. The Hall–Kier alpha value is -3.15. The molecule has 3 aromatic carbocycles. The van der Waals surface area contributed by atoms with Crippen LogP contribution in [0.4, 0.5) is 0 Å². The standard InChI is InChI=1S/C31H35NO3S/c1-3-5-18-32(19-6-4-2)20-21-35-26-15-12-23(13-16-26)30(34)29-27-17-14-25(33)22-28(27)36-31(29)24-10-8-7-9-11-24/h7-17,22,33H,3-6,18-21H2,1-2H3. The average Bonchev–Trinajstić information content (AvgIpc) is 3.29. The topological polar surface area (TPSA) is 49.8 Å². The van der Waals surface area contributed by atoms with E-state index in [0.717, 1.165) is 45.9 Å². The number of phenolic OH excluding ortho intramolecular Hbond substituents is 1. The molecule has 4 nitrogen and oxygen atoms in total. The zero-order chi connectivity index (χ0) is 25.3. The monoisotopic (exact) mass is 501 g/mol. The van der Waals surface area contributed by atoms with E-state index in [-0.39, 0.29) is 11.5 Å². The fourth-order valence-electron chi connectivity index (χ4n) is 4.34. The predicted octanol–water partition coefficient (Wildman–Crippen LogP) is 7.79. The van der Waals surface area contributed by atoms with Gasteiger partial charge in [-0.2, -0.15) is 0 Å². The lowest BCUT2D eigenvalue weighted by atomic mass is 9.97. The van der Waals surface area contributed by atoms with E-state index in [1.165, 1.54) is 37.0 Å². The summed E-state index contributed by atoms with van der Waals surface area (Å²) in [4.78, 5) is 17.1. The molecule has 0 amide bonds. The van der Waals surface area contributed by atoms with E-state index in [2.05, 4.69) is 18.7 Å². The maximum absolute atomic E-state index is 13.7. The molecule has 0 atom stereocenters. The summed E-state index contributed by atoms with van der Waals surface area (Å²) in [6.45, 7) is 8.23. The number of ether oxygens (including phenoxy) is 1. The lowest BCUT2D eigenvalue weighted by Gasteiger charge is -2.22. The van der Waals surface area contributed by atoms with E-state index < -0.39 is 0 Å². The van der Waals surface area contributed by atoms with Gasteiger partial charge in [-0.05, 0) is 74.0 Å². The fourth-order valence-corrected chi connectivity index (χ4v) is 5.58. The minimum Gasteiger partial charge on any atom is -0.508 e. The Labute approximate surface area is 218 Å². The van der Waals surface area contributed by atoms with Crippen molar-refractivity contribution in [2.45, 2.75) is 39.5 Å². The lowest BCUT2D eigenvalue weighted by molar-refractivity contribution is 0.104. The first-order valence-electron chi connectivity index (χ1n) is 12.9. The van der Waals surface area contributed by atoms with Gasteiger partial charge in [-0.3, -0.25) is 9.69 Å². The summed E-state index contributed by atoms with van der Waals surface area (Å²) in [7, 11) is 0. The van der Waals surface area contributed by atoms with Crippen LogP contribution in [-0.4, -0.2) is 42.0 Å². The van der Waals surface area contributed by atoms with Crippen LogP contribution in [0.25, 0.3) is 20.5 Å². The molecule has 4 aromatic rings. The van der Waals surface area contributed by atoms with Crippen LogP contribution in [-0.2, 0) is 0 Å². The van der Waals surface area contributed by atoms with Gasteiger partial charge in [-0.15, -0.1) is 11.3 Å². The molecule has 0 radical (unpaired) electrons. The van der Waals surface area contributed by atoms with Crippen molar-refractivity contribution in [3.63, 3.8) is 0 Å². The molecule has 0 spiro atoms. The van der Waals surface area contributed by atoms with Crippen molar-refractivity contribution in [3.8, 4) is 21.9 Å². The molecule has 0 unspecified atom stereocenters. The zero-order valence-electron chi connectivity index (χ0n) is 21.2. The van der Waals surface area contributed by atoms with Gasteiger partial charge in [0.25, 0.3) is 0 Å². The normalized spacial score (nSPS) is 11.3. The van der Waals surface area contributed by atoms with Gasteiger partial charge in [0.2, 0.25) is 0 Å². The van der Waals surface area contributed by atoms with Crippen LogP contribution in [0.5, 0.6) is 11.5 Å². The number of ketones is 1. The molecule has 188 valence electrons. The predicted molar refractivity (Wildman–Crippen MR) is 151 cm³/mol. The highest BCUT2D eigenvalue weighted by molar-refractivity contribution is 7.22. The van der Waals surface area contributed by atoms with Gasteiger partial charge >= 0.3 is 0 Å². The Morgan fingerprint density at radius 3 is 2.25 bits per heavy atom. The van der Waals surface area contributed by atoms with E-state index >= 15 is 0 Å². The highest BCUT2D eigenvalue weighted by atomic mass is 32.1. The summed E-state index contributed by atoms with van der Waals surface area (Å²) in [6, 6.07) is 22.6. The number of aromatic hydroxyl groups is 1. The molecule has 0 fully saturated rings. The minimum atomic E-state index is -0.0253. The first-order valence-corrected chi connectivity index (χ1v) is 13.7. The molecule has 0 saturated heterocycles. The number of hydrogen-bond donors (Lipinski definition) is 1. The third kappa shape index (κ3) is 6.34. The Bertz CT molecular complexity index is 1260. The molecule has 1 N–H and O–H groups in total. The number of rotatable bonds is 13. The second kappa shape index (κ2) is 12.7. The molecule has 0 saturated carbocycles. The number of carbonyl (C=O) groups is 1. The second-order valence-corrected chi connectivity index (χ2v) is 10.2. The second-order valence-electron chi connectivity index (χ2n) is 9.10. The van der Waals surface area contributed by atoms with Crippen molar-refractivity contribution >= 4 is 27.2 Å². The first-order chi connectivity index (χ1) is 17.6. The number of unbranched alkanes of at least 4 members (excludes halogenated alkanes) is 2. The van der Waals surface area contributed by atoms with E-state index in [4.69, 9.17) is 4.74 Å². The lowest BCUT2D eigenvalue weighted by Crippen LogP contribution is -2.30. The fraction of sp³-hybridized carbons (Fsp3) is 0.323. The van der Waals surface area contributed by atoms with Crippen LogP contribution < -0.4 is 4.74 Å². The van der Waals surface area contributed by atoms with Crippen molar-refractivity contribution in [2.24, 2.45) is 0 Å². The third-order valence-corrected chi connectivity index (χ3v) is 7.59. The van der Waals surface area contributed by atoms with Crippen molar-refractivity contribution in [1.29, 1.82) is 0 Å². The van der Waals surface area contributed by atoms with Gasteiger partial charge in [-0.25, -0.2) is 0 Å². The van der Waals surface area contributed by atoms with E-state index in [9.17, 15) is 9.90 Å². The molecule has 36 heavy (non-hydrogen) atoms. The zero-order valence-corrected chi connectivity index (χ0v) is 22.0. The average molecular weight is 502 g/mol. The van der Waals surface area contributed by atoms with Crippen LogP contribution in [0, 0.1) is 0 Å². The Morgan fingerprint density at radius 2 is 1.58 bits per heavy atom. The van der Waals surface area contributed by atoms with E-state index in [0.29, 0.717) is 17.7 Å². The van der Waals surface area contributed by atoms with Gasteiger partial charge in [0.05, 0.1) is 0 Å². The molecular formula is C31H35NO3S. The summed E-state index contributed by atoms with van der Waals surface area (Å²) < 4.78 is 6.92. The maximum Gasteiger partial charge on any atom is 0.195 e. The van der Waals surface area contributed by atoms with Gasteiger partial charge in [0, 0.05) is 32.6 Å². The molecule has 0 aliphatic carbocycles. The Balaban J connectivity index is 1.50. The summed E-state index contributed by atoms with van der Waals surface area (Å²) in [5, 5.41) is 10.8. The smallest absolute Gasteiger partial charge is 0.195 e. The van der Waals surface area contributed by atoms with Gasteiger partial charge in [0.15, 0.2) is 5.78 Å². The number of hydrogen-bond acceptors (Lipinski definition) is 5. The summed E-state index contributed by atoms with van der Waals surface area (Å²) in [6.07, 6.45) is 4.82. The van der Waals surface area contributed by atoms with Crippen LogP contribution in [0.3, 0.4) is 0 Å². The summed E-state index contributed by atoms with van der Waals surface area (Å²) >= 11 is 1.53. The van der Waals surface area contributed by atoms with Crippen molar-refractivity contribution < 1.29 is 14.6 Å². The number of benzene rings is 3. The van der Waals surface area contributed by atoms with E-state index in [1.54, 1.807) is 12.1 Å². The summed E-state index contributed by atoms with van der Waals surface area (Å²) in [5.74, 6) is 0.954. The molecule has 4 rings (SSSR count). The van der Waals surface area contributed by atoms with Gasteiger partial charge in [-0.1, -0.05) is 57.0 Å². The van der Waals surface area contributed by atoms with E-state index in [1.807, 2.05) is 60.7 Å². The van der Waals surface area contributed by atoms with Crippen LogP contribution >= 0.6 is 11.3 Å². The maximum atomic E-state index is 13.7. The number of fused-ring (bicyclic) bond motifs is 1. The quantitative estimate of drug-likeness (QED) is 0.190.